The minimum absolute atomic E-state index is 0.599. The molecule has 5 heteroatoms. The number of anilines is 1. The Morgan fingerprint density at radius 2 is 1.86 bits per heavy atom. The highest BCUT2D eigenvalue weighted by atomic mass is 32.1. The average molecular weight is 394 g/mol. The van der Waals surface area contributed by atoms with Gasteiger partial charge in [-0.05, 0) is 41.8 Å². The van der Waals surface area contributed by atoms with Gasteiger partial charge in [-0.25, -0.2) is 4.99 Å². The Kier molecular flexibility index (Phi) is 6.71. The topological polar surface area (TPSA) is 45.6 Å². The molecule has 0 atom stereocenters. The molecule has 2 aromatic carbocycles. The largest absolute Gasteiger partial charge is 0.497 e. The summed E-state index contributed by atoms with van der Waals surface area (Å²) < 4.78 is 5.21. The van der Waals surface area contributed by atoms with Crippen LogP contribution in [0.5, 0.6) is 5.75 Å². The van der Waals surface area contributed by atoms with Crippen molar-refractivity contribution in [2.24, 2.45) is 4.99 Å². The Bertz CT molecular complexity index is 945. The molecule has 4 rings (SSSR count). The van der Waals surface area contributed by atoms with Gasteiger partial charge < -0.3 is 15.4 Å². The molecule has 4 nitrogen and oxygen atoms in total. The van der Waals surface area contributed by atoms with Gasteiger partial charge in [-0.3, -0.25) is 0 Å². The van der Waals surface area contributed by atoms with Crippen LogP contribution in [0.1, 0.15) is 29.9 Å². The molecule has 28 heavy (non-hydrogen) atoms. The summed E-state index contributed by atoms with van der Waals surface area (Å²) in [6.07, 6.45) is 0. The number of nitrogens with one attached hydrogen (secondary N) is 2. The maximum absolute atomic E-state index is 5.21. The van der Waals surface area contributed by atoms with Crippen molar-refractivity contribution >= 4 is 22.9 Å². The quantitative estimate of drug-likeness (QED) is 0.600. The van der Waals surface area contributed by atoms with E-state index in [0.717, 1.165) is 23.8 Å². The number of methoxy groups -OCH3 is 1. The first-order valence-electron chi connectivity index (χ1n) is 9.60. The summed E-state index contributed by atoms with van der Waals surface area (Å²) >= 11 is 1.78. The lowest BCUT2D eigenvalue weighted by molar-refractivity contribution is 0.414. The highest BCUT2D eigenvalue weighted by Gasteiger charge is 2.19. The van der Waals surface area contributed by atoms with E-state index < -0.39 is 0 Å². The molecule has 0 radical (unpaired) electrons. The number of aryl methyl sites for hydroxylation is 1. The van der Waals surface area contributed by atoms with E-state index in [2.05, 4.69) is 65.0 Å². The van der Waals surface area contributed by atoms with Gasteiger partial charge in [0.05, 0.1) is 17.7 Å². The van der Waals surface area contributed by atoms with Crippen molar-refractivity contribution in [1.29, 1.82) is 0 Å². The van der Waals surface area contributed by atoms with Crippen LogP contribution in [0.15, 0.2) is 59.6 Å². The fraction of sp³-hybridized carbons (Fsp3) is 0.261. The zero-order chi connectivity index (χ0) is 19.9. The van der Waals surface area contributed by atoms with Crippen LogP contribution in [0.2, 0.25) is 0 Å². The molecule has 0 unspecified atom stereocenters. The third kappa shape index (κ3) is 4.37. The number of amidine groups is 1. The van der Waals surface area contributed by atoms with Crippen LogP contribution < -0.4 is 15.4 Å². The lowest BCUT2D eigenvalue weighted by Crippen LogP contribution is -2.27. The van der Waals surface area contributed by atoms with Crippen LogP contribution in [0.3, 0.4) is 0 Å². The average Bonchev–Trinajstić information content (AvgIpc) is 3.19. The number of ether oxygens (including phenoxy) is 1. The molecule has 0 aliphatic carbocycles. The number of thiophene rings is 1. The fourth-order valence-electron chi connectivity index (χ4n) is 3.02. The molecular formula is C23H27N3OS. The van der Waals surface area contributed by atoms with E-state index in [1.807, 2.05) is 26.0 Å². The minimum atomic E-state index is 0.599. The summed E-state index contributed by atoms with van der Waals surface area (Å²) in [4.78, 5) is 7.06. The Balaban J connectivity index is 0.00000109. The van der Waals surface area contributed by atoms with Gasteiger partial charge in [-0.1, -0.05) is 50.2 Å². The number of hydrogen-bond donors (Lipinski definition) is 2. The predicted octanol–water partition coefficient (Wildman–Crippen LogP) is 5.68. The van der Waals surface area contributed by atoms with E-state index in [1.165, 1.54) is 26.4 Å². The summed E-state index contributed by atoms with van der Waals surface area (Å²) in [5, 5.41) is 6.87. The first-order chi connectivity index (χ1) is 13.7. The molecule has 1 aliphatic rings. The third-order valence-corrected chi connectivity index (χ3v) is 5.66. The van der Waals surface area contributed by atoms with Crippen molar-refractivity contribution in [3.8, 4) is 16.2 Å². The molecular weight excluding hydrogens is 366 g/mol. The van der Waals surface area contributed by atoms with E-state index in [0.29, 0.717) is 6.67 Å². The number of benzene rings is 2. The summed E-state index contributed by atoms with van der Waals surface area (Å²) in [5.41, 5.74) is 4.92. The smallest absolute Gasteiger partial charge is 0.142 e. The molecule has 0 saturated carbocycles. The van der Waals surface area contributed by atoms with Crippen LogP contribution in [-0.4, -0.2) is 19.6 Å². The summed E-state index contributed by atoms with van der Waals surface area (Å²) in [6, 6.07) is 18.8. The minimum Gasteiger partial charge on any atom is -0.497 e. The van der Waals surface area contributed by atoms with Crippen LogP contribution in [0, 0.1) is 6.92 Å². The molecule has 0 amide bonds. The Morgan fingerprint density at radius 1 is 1.11 bits per heavy atom. The molecule has 0 saturated heterocycles. The summed E-state index contributed by atoms with van der Waals surface area (Å²) in [5.74, 6) is 1.83. The van der Waals surface area contributed by atoms with Crippen molar-refractivity contribution in [1.82, 2.24) is 5.32 Å². The Hall–Kier alpha value is -2.79. The first-order valence-corrected chi connectivity index (χ1v) is 10.4. The molecule has 3 aromatic rings. The van der Waals surface area contributed by atoms with E-state index in [4.69, 9.17) is 4.74 Å². The second kappa shape index (κ2) is 9.42. The fourth-order valence-corrected chi connectivity index (χ4v) is 4.23. The van der Waals surface area contributed by atoms with Crippen LogP contribution >= 0.6 is 11.3 Å². The number of fused-ring (bicyclic) bond motifs is 1. The monoisotopic (exact) mass is 393 g/mol. The van der Waals surface area contributed by atoms with E-state index >= 15 is 0 Å². The van der Waals surface area contributed by atoms with Gasteiger partial charge in [-0.2, -0.15) is 0 Å². The highest BCUT2D eigenvalue weighted by molar-refractivity contribution is 7.18. The zero-order valence-corrected chi connectivity index (χ0v) is 17.7. The lowest BCUT2D eigenvalue weighted by Gasteiger charge is -2.16. The Labute approximate surface area is 171 Å². The first kappa shape index (κ1) is 20.0. The Morgan fingerprint density at radius 3 is 2.57 bits per heavy atom. The third-order valence-electron chi connectivity index (χ3n) is 4.48. The normalized spacial score (nSPS) is 12.1. The van der Waals surface area contributed by atoms with Crippen molar-refractivity contribution in [2.75, 3.05) is 19.1 Å². The maximum Gasteiger partial charge on any atom is 0.142 e. The van der Waals surface area contributed by atoms with E-state index in [1.54, 1.807) is 18.4 Å². The van der Waals surface area contributed by atoms with Gasteiger partial charge in [0.15, 0.2) is 0 Å². The van der Waals surface area contributed by atoms with Crippen molar-refractivity contribution in [3.63, 3.8) is 0 Å². The van der Waals surface area contributed by atoms with Gasteiger partial charge in [0.25, 0.3) is 0 Å². The lowest BCUT2D eigenvalue weighted by atomic mass is 10.1. The van der Waals surface area contributed by atoms with Crippen molar-refractivity contribution in [2.45, 2.75) is 27.3 Å². The molecule has 0 fully saturated rings. The molecule has 0 bridgehead atoms. The molecule has 146 valence electrons. The summed E-state index contributed by atoms with van der Waals surface area (Å²) in [6.45, 7) is 7.49. The molecule has 2 heterocycles. The SMILES string of the molecule is CC.COc1ccc(CNC2=NCNc3cc(-c4ccccc4C)sc32)cc1. The summed E-state index contributed by atoms with van der Waals surface area (Å²) in [7, 11) is 1.68. The standard InChI is InChI=1S/C21H21N3OS.C2H6/c1-14-5-3-4-6-17(14)19-11-18-20(26-19)21(24-13-23-18)22-12-15-7-9-16(25-2)10-8-15;1-2/h3-11,23H,12-13H2,1-2H3,(H,22,24);1-2H3. The molecule has 2 N–H and O–H groups in total. The zero-order valence-electron chi connectivity index (χ0n) is 16.9. The predicted molar refractivity (Wildman–Crippen MR) is 121 cm³/mol. The van der Waals surface area contributed by atoms with Crippen molar-refractivity contribution in [3.05, 3.63) is 70.6 Å². The number of hydrogen-bond acceptors (Lipinski definition) is 5. The maximum atomic E-state index is 5.21. The van der Waals surface area contributed by atoms with Gasteiger partial charge in [0.2, 0.25) is 0 Å². The van der Waals surface area contributed by atoms with Gasteiger partial charge >= 0.3 is 0 Å². The van der Waals surface area contributed by atoms with Gasteiger partial charge in [0.1, 0.15) is 18.3 Å². The van der Waals surface area contributed by atoms with E-state index in [9.17, 15) is 0 Å². The second-order valence-electron chi connectivity index (χ2n) is 6.21. The highest BCUT2D eigenvalue weighted by Crippen LogP contribution is 2.37. The van der Waals surface area contributed by atoms with Crippen molar-refractivity contribution < 1.29 is 4.74 Å². The number of rotatable bonds is 4. The number of aliphatic imine (C=N–C) groups is 1. The van der Waals surface area contributed by atoms with Crippen LogP contribution in [-0.2, 0) is 6.54 Å². The van der Waals surface area contributed by atoms with E-state index in [-0.39, 0.29) is 0 Å². The number of nitrogens with zero attached hydrogens (tertiary/aromatic N) is 1. The molecule has 1 aliphatic heterocycles. The molecule has 0 spiro atoms. The van der Waals surface area contributed by atoms with Gasteiger partial charge in [0, 0.05) is 11.4 Å². The second-order valence-corrected chi connectivity index (χ2v) is 7.26. The van der Waals surface area contributed by atoms with Crippen LogP contribution in [0.25, 0.3) is 10.4 Å². The van der Waals surface area contributed by atoms with Gasteiger partial charge in [-0.15, -0.1) is 11.3 Å². The van der Waals surface area contributed by atoms with Crippen LogP contribution in [0.4, 0.5) is 5.69 Å². The molecule has 1 aromatic heterocycles.